The second kappa shape index (κ2) is 11.7. The van der Waals surface area contributed by atoms with E-state index in [4.69, 9.17) is 4.42 Å². The molecule has 9 aromatic rings. The number of para-hydroxylation sites is 1. The lowest BCUT2D eigenvalue weighted by Gasteiger charge is -2.26. The van der Waals surface area contributed by atoms with Gasteiger partial charge in [-0.05, 0) is 125 Å². The summed E-state index contributed by atoms with van der Waals surface area (Å²) in [4.78, 5) is 2.81. The highest BCUT2D eigenvalue weighted by molar-refractivity contribution is 8.03. The first kappa shape index (κ1) is 30.4. The van der Waals surface area contributed by atoms with Gasteiger partial charge in [0.15, 0.2) is 0 Å². The predicted octanol–water partition coefficient (Wildman–Crippen LogP) is 14.9. The van der Waals surface area contributed by atoms with Crippen molar-refractivity contribution in [2.45, 2.75) is 29.6 Å². The van der Waals surface area contributed by atoms with Crippen LogP contribution in [0.3, 0.4) is 0 Å². The molecule has 3 aliphatic rings. The molecule has 0 amide bonds. The van der Waals surface area contributed by atoms with Crippen LogP contribution in [0, 0.1) is 0 Å². The van der Waals surface area contributed by atoms with Crippen LogP contribution in [0.25, 0.3) is 76.2 Å². The van der Waals surface area contributed by atoms with Crippen LogP contribution in [0.1, 0.15) is 46.9 Å². The maximum atomic E-state index is 6.26. The number of thioether (sulfide) groups is 1. The molecular weight excluding hydrogens is 673 g/mol. The normalized spacial score (nSPS) is 18.0. The highest BCUT2D eigenvalue weighted by atomic mass is 32.2. The minimum absolute atomic E-state index is 0.329. The first-order valence-electron chi connectivity index (χ1n) is 19.0. The lowest BCUT2D eigenvalue weighted by atomic mass is 9.78. The van der Waals surface area contributed by atoms with Gasteiger partial charge < -0.3 is 4.42 Å². The van der Waals surface area contributed by atoms with Gasteiger partial charge in [0.25, 0.3) is 0 Å². The summed E-state index contributed by atoms with van der Waals surface area (Å²) in [6, 6.07) is 51.7. The van der Waals surface area contributed by atoms with E-state index in [1.165, 1.54) is 97.1 Å². The molecule has 2 unspecified atom stereocenters. The van der Waals surface area contributed by atoms with Gasteiger partial charge in [0.1, 0.15) is 11.2 Å². The van der Waals surface area contributed by atoms with Gasteiger partial charge in [-0.2, -0.15) is 0 Å². The molecule has 2 aliphatic carbocycles. The molecule has 0 N–H and O–H groups in total. The van der Waals surface area contributed by atoms with Crippen LogP contribution in [-0.2, 0) is 0 Å². The zero-order valence-corrected chi connectivity index (χ0v) is 30.4. The average molecular weight is 707 g/mol. The monoisotopic (exact) mass is 706 g/mol. The maximum absolute atomic E-state index is 6.26. The molecule has 8 aromatic carbocycles. The van der Waals surface area contributed by atoms with E-state index in [-0.39, 0.29) is 0 Å². The van der Waals surface area contributed by atoms with E-state index in [1.54, 1.807) is 0 Å². The van der Waals surface area contributed by atoms with Crippen molar-refractivity contribution in [2.24, 2.45) is 0 Å². The minimum Gasteiger partial charge on any atom is -0.456 e. The summed E-state index contributed by atoms with van der Waals surface area (Å²) < 4.78 is 6.26. The smallest absolute Gasteiger partial charge is 0.136 e. The second-order valence-electron chi connectivity index (χ2n) is 15.1. The fourth-order valence-corrected chi connectivity index (χ4v) is 10.8. The van der Waals surface area contributed by atoms with Gasteiger partial charge in [-0.3, -0.25) is 0 Å². The van der Waals surface area contributed by atoms with E-state index in [0.29, 0.717) is 11.8 Å². The maximum Gasteiger partial charge on any atom is 0.136 e. The van der Waals surface area contributed by atoms with Crippen molar-refractivity contribution in [1.29, 1.82) is 0 Å². The first-order valence-corrected chi connectivity index (χ1v) is 19.8. The highest BCUT2D eigenvalue weighted by Crippen LogP contribution is 2.56. The predicted molar refractivity (Wildman–Crippen MR) is 230 cm³/mol. The molecule has 2 atom stereocenters. The number of fused-ring (bicyclic) bond motifs is 10. The van der Waals surface area contributed by atoms with Crippen molar-refractivity contribution in [2.75, 3.05) is 0 Å². The average Bonchev–Trinajstić information content (AvgIpc) is 3.77. The molecule has 2 heteroatoms. The lowest BCUT2D eigenvalue weighted by Crippen LogP contribution is -2.05. The van der Waals surface area contributed by atoms with Crippen molar-refractivity contribution in [3.8, 4) is 0 Å². The van der Waals surface area contributed by atoms with Crippen LogP contribution in [0.5, 0.6) is 0 Å². The molecule has 0 saturated heterocycles. The van der Waals surface area contributed by atoms with Gasteiger partial charge in [-0.1, -0.05) is 151 Å². The van der Waals surface area contributed by atoms with Crippen molar-refractivity contribution in [3.05, 3.63) is 197 Å². The topological polar surface area (TPSA) is 13.1 Å². The van der Waals surface area contributed by atoms with Gasteiger partial charge in [0.2, 0.25) is 0 Å². The summed E-state index contributed by atoms with van der Waals surface area (Å²) >= 11 is 1.94. The second-order valence-corrected chi connectivity index (χ2v) is 16.3. The molecular formula is C52H34OS. The third-order valence-corrected chi connectivity index (χ3v) is 13.4. The van der Waals surface area contributed by atoms with Gasteiger partial charge in [-0.25, -0.2) is 0 Å². The van der Waals surface area contributed by atoms with Crippen molar-refractivity contribution < 1.29 is 4.42 Å². The minimum atomic E-state index is 0.329. The summed E-state index contributed by atoms with van der Waals surface area (Å²) in [7, 11) is 0. The quantitative estimate of drug-likeness (QED) is 0.170. The van der Waals surface area contributed by atoms with Gasteiger partial charge in [0.05, 0.1) is 0 Å². The van der Waals surface area contributed by atoms with Crippen LogP contribution in [0.2, 0.25) is 0 Å². The van der Waals surface area contributed by atoms with Crippen LogP contribution < -0.4 is 0 Å². The summed E-state index contributed by atoms with van der Waals surface area (Å²) in [5, 5.41) is 12.8. The fraction of sp³-hybridized carbons (Fsp3) is 0.0769. The molecule has 0 spiro atoms. The Kier molecular flexibility index (Phi) is 6.58. The molecule has 0 saturated carbocycles. The van der Waals surface area contributed by atoms with E-state index < -0.39 is 0 Å². The van der Waals surface area contributed by atoms with Crippen molar-refractivity contribution in [1.82, 2.24) is 0 Å². The standard InChI is InChI=1S/C52H34OS/c1-2-11-32-24-34(21-20-31(32)10-1)33-12-9-13-35(25-33)51-40-15-3-5-17-42(40)52(43-18-6-4-16-41(43)51)36-22-23-49-45(26-36)46-28-37-27-44-39-14-7-8-19-47(39)53-48(44)29-38(37)30-50(46)54-49/h1-24,27-30,33,45H,25-26H2. The zero-order valence-electron chi connectivity index (χ0n) is 29.6. The summed E-state index contributed by atoms with van der Waals surface area (Å²) in [6.45, 7) is 0. The van der Waals surface area contributed by atoms with E-state index in [9.17, 15) is 0 Å². The number of allylic oxidation sites excluding steroid dienone is 8. The third-order valence-electron chi connectivity index (χ3n) is 12.1. The number of furan rings is 1. The molecule has 254 valence electrons. The molecule has 2 heterocycles. The molecule has 0 radical (unpaired) electrons. The molecule has 1 aromatic heterocycles. The Labute approximate surface area is 317 Å². The van der Waals surface area contributed by atoms with E-state index >= 15 is 0 Å². The van der Waals surface area contributed by atoms with Crippen LogP contribution in [0.15, 0.2) is 184 Å². The fourth-order valence-electron chi connectivity index (χ4n) is 9.60. The van der Waals surface area contributed by atoms with E-state index in [0.717, 1.165) is 24.0 Å². The molecule has 0 fully saturated rings. The molecule has 12 rings (SSSR count). The summed E-state index contributed by atoms with van der Waals surface area (Å²) in [6.07, 6.45) is 13.8. The Morgan fingerprint density at radius 3 is 1.93 bits per heavy atom. The summed E-state index contributed by atoms with van der Waals surface area (Å²) in [5.74, 6) is 0.674. The zero-order chi connectivity index (χ0) is 35.3. The Bertz CT molecular complexity index is 3150. The number of benzene rings is 8. The Morgan fingerprint density at radius 2 is 1.15 bits per heavy atom. The molecule has 1 nitrogen and oxygen atoms in total. The van der Waals surface area contributed by atoms with Crippen molar-refractivity contribution in [3.63, 3.8) is 0 Å². The van der Waals surface area contributed by atoms with E-state index in [2.05, 4.69) is 164 Å². The molecule has 1 aliphatic heterocycles. The lowest BCUT2D eigenvalue weighted by molar-refractivity contribution is 0.669. The Hall–Kier alpha value is -6.09. The van der Waals surface area contributed by atoms with Gasteiger partial charge in [-0.15, -0.1) is 0 Å². The number of rotatable bonds is 3. The third kappa shape index (κ3) is 4.60. The largest absolute Gasteiger partial charge is 0.456 e. The first-order chi connectivity index (χ1) is 26.7. The summed E-state index contributed by atoms with van der Waals surface area (Å²) in [5.41, 5.74) is 10.3. The number of hydrogen-bond acceptors (Lipinski definition) is 2. The molecule has 54 heavy (non-hydrogen) atoms. The van der Waals surface area contributed by atoms with Gasteiger partial charge in [0, 0.05) is 27.5 Å². The Balaban J connectivity index is 0.956. The van der Waals surface area contributed by atoms with Crippen LogP contribution in [0.4, 0.5) is 0 Å². The van der Waals surface area contributed by atoms with Gasteiger partial charge >= 0.3 is 0 Å². The van der Waals surface area contributed by atoms with Crippen LogP contribution in [-0.4, -0.2) is 0 Å². The van der Waals surface area contributed by atoms with Crippen molar-refractivity contribution >= 4 is 87.9 Å². The Morgan fingerprint density at radius 1 is 0.481 bits per heavy atom. The molecule has 0 bridgehead atoms. The van der Waals surface area contributed by atoms with E-state index in [1.807, 2.05) is 17.8 Å². The highest BCUT2D eigenvalue weighted by Gasteiger charge is 2.33. The van der Waals surface area contributed by atoms with Crippen LogP contribution >= 0.6 is 11.8 Å². The SMILES string of the molecule is C1=CC(c2ccc3ccccc3c2)CC(c2c3ccccc3c(C3=CC=C4Sc5cc6cc7oc8ccccc8c7cc6cc5C4C3)c3ccccc23)=C1. The number of hydrogen-bond donors (Lipinski definition) is 0.